The van der Waals surface area contributed by atoms with Crippen LogP contribution in [0.25, 0.3) is 0 Å². The molecular formula is C18H20Cl2N2O. The van der Waals surface area contributed by atoms with Crippen LogP contribution in [0.5, 0.6) is 0 Å². The Balaban J connectivity index is 1.90. The van der Waals surface area contributed by atoms with Crippen LogP contribution in [0.15, 0.2) is 42.5 Å². The number of rotatable bonds is 6. The van der Waals surface area contributed by atoms with Crippen LogP contribution in [0, 0.1) is 0 Å². The van der Waals surface area contributed by atoms with E-state index in [0.29, 0.717) is 22.3 Å². The van der Waals surface area contributed by atoms with Gasteiger partial charge in [0, 0.05) is 11.6 Å². The smallest absolute Gasteiger partial charge is 0.238 e. The number of benzene rings is 2. The van der Waals surface area contributed by atoms with E-state index in [0.717, 1.165) is 6.42 Å². The lowest BCUT2D eigenvalue weighted by Gasteiger charge is -2.17. The van der Waals surface area contributed by atoms with Gasteiger partial charge in [0.25, 0.3) is 0 Å². The highest BCUT2D eigenvalue weighted by Gasteiger charge is 2.10. The molecule has 5 heteroatoms. The minimum atomic E-state index is -0.123. The highest BCUT2D eigenvalue weighted by molar-refractivity contribution is 6.35. The normalized spacial score (nSPS) is 10.8. The van der Waals surface area contributed by atoms with E-state index in [1.54, 1.807) is 18.2 Å². The Kier molecular flexibility index (Phi) is 6.46. The van der Waals surface area contributed by atoms with Crippen molar-refractivity contribution in [3.05, 3.63) is 63.6 Å². The quantitative estimate of drug-likeness (QED) is 0.823. The molecule has 0 radical (unpaired) electrons. The van der Waals surface area contributed by atoms with Crippen LogP contribution in [0.4, 0.5) is 5.69 Å². The van der Waals surface area contributed by atoms with E-state index in [1.165, 1.54) is 11.1 Å². The predicted octanol–water partition coefficient (Wildman–Crippen LogP) is 4.63. The predicted molar refractivity (Wildman–Crippen MR) is 97.2 cm³/mol. The zero-order valence-electron chi connectivity index (χ0n) is 13.3. The van der Waals surface area contributed by atoms with Gasteiger partial charge in [0.2, 0.25) is 5.91 Å². The van der Waals surface area contributed by atoms with E-state index in [1.807, 2.05) is 11.9 Å². The van der Waals surface area contributed by atoms with Gasteiger partial charge < -0.3 is 5.32 Å². The summed E-state index contributed by atoms with van der Waals surface area (Å²) in [4.78, 5) is 14.1. The topological polar surface area (TPSA) is 32.3 Å². The Morgan fingerprint density at radius 3 is 2.39 bits per heavy atom. The number of nitrogens with zero attached hydrogens (tertiary/aromatic N) is 1. The molecule has 0 aliphatic rings. The number of likely N-dealkylation sites (N-methyl/N-ethyl adjacent to an activating group) is 1. The number of anilines is 1. The molecule has 0 bridgehead atoms. The number of carbonyl (C=O) groups is 1. The van der Waals surface area contributed by atoms with Gasteiger partial charge in [-0.15, -0.1) is 0 Å². The maximum Gasteiger partial charge on any atom is 0.238 e. The molecule has 3 nitrogen and oxygen atoms in total. The molecule has 0 aromatic heterocycles. The highest BCUT2D eigenvalue weighted by Crippen LogP contribution is 2.25. The van der Waals surface area contributed by atoms with Crippen molar-refractivity contribution in [2.24, 2.45) is 0 Å². The Morgan fingerprint density at radius 2 is 1.74 bits per heavy atom. The van der Waals surface area contributed by atoms with Crippen molar-refractivity contribution in [2.75, 3.05) is 18.9 Å². The van der Waals surface area contributed by atoms with Gasteiger partial charge in [-0.1, -0.05) is 54.4 Å². The molecule has 23 heavy (non-hydrogen) atoms. The number of nitrogens with one attached hydrogen (secondary N) is 1. The van der Waals surface area contributed by atoms with Crippen molar-refractivity contribution < 1.29 is 4.79 Å². The Morgan fingerprint density at radius 1 is 1.09 bits per heavy atom. The molecule has 0 heterocycles. The molecular weight excluding hydrogens is 331 g/mol. The second-order valence-electron chi connectivity index (χ2n) is 5.51. The number of amides is 1. The number of hydrogen-bond donors (Lipinski definition) is 1. The van der Waals surface area contributed by atoms with Crippen LogP contribution in [-0.4, -0.2) is 24.4 Å². The lowest BCUT2D eigenvalue weighted by atomic mass is 10.1. The van der Waals surface area contributed by atoms with E-state index >= 15 is 0 Å². The zero-order valence-corrected chi connectivity index (χ0v) is 14.8. The summed E-state index contributed by atoms with van der Waals surface area (Å²) in [6, 6.07) is 13.4. The molecule has 0 aliphatic carbocycles. The van der Waals surface area contributed by atoms with Gasteiger partial charge >= 0.3 is 0 Å². The molecule has 0 saturated heterocycles. The first-order valence-electron chi connectivity index (χ1n) is 7.49. The van der Waals surface area contributed by atoms with Gasteiger partial charge in [-0.05, 0) is 42.8 Å². The second kappa shape index (κ2) is 8.34. The summed E-state index contributed by atoms with van der Waals surface area (Å²) >= 11 is 12.0. The zero-order chi connectivity index (χ0) is 16.8. The third kappa shape index (κ3) is 5.54. The van der Waals surface area contributed by atoms with Crippen LogP contribution >= 0.6 is 23.2 Å². The number of hydrogen-bond acceptors (Lipinski definition) is 2. The Labute approximate surface area is 147 Å². The first-order chi connectivity index (χ1) is 11.0. The van der Waals surface area contributed by atoms with Crippen LogP contribution in [-0.2, 0) is 17.8 Å². The Bertz CT molecular complexity index is 671. The average Bonchev–Trinajstić information content (AvgIpc) is 2.51. The third-order valence-electron chi connectivity index (χ3n) is 3.50. The van der Waals surface area contributed by atoms with Crippen LogP contribution < -0.4 is 5.32 Å². The molecule has 0 saturated carbocycles. The first-order valence-corrected chi connectivity index (χ1v) is 8.24. The van der Waals surface area contributed by atoms with Crippen molar-refractivity contribution in [1.29, 1.82) is 0 Å². The molecule has 1 amide bonds. The summed E-state index contributed by atoms with van der Waals surface area (Å²) in [5, 5.41) is 3.80. The first kappa shape index (κ1) is 17.8. The van der Waals surface area contributed by atoms with E-state index in [4.69, 9.17) is 23.2 Å². The van der Waals surface area contributed by atoms with E-state index < -0.39 is 0 Å². The van der Waals surface area contributed by atoms with E-state index in [2.05, 4.69) is 36.5 Å². The van der Waals surface area contributed by atoms with Crippen molar-refractivity contribution >= 4 is 34.8 Å². The fraction of sp³-hybridized carbons (Fsp3) is 0.278. The number of aryl methyl sites for hydroxylation is 1. The van der Waals surface area contributed by atoms with Gasteiger partial charge in [0.1, 0.15) is 0 Å². The van der Waals surface area contributed by atoms with Crippen molar-refractivity contribution in [1.82, 2.24) is 4.90 Å². The highest BCUT2D eigenvalue weighted by atomic mass is 35.5. The van der Waals surface area contributed by atoms with Gasteiger partial charge in [0.05, 0.1) is 17.3 Å². The molecule has 2 rings (SSSR count). The van der Waals surface area contributed by atoms with Crippen molar-refractivity contribution in [3.8, 4) is 0 Å². The minimum Gasteiger partial charge on any atom is -0.324 e. The maximum absolute atomic E-state index is 12.1. The standard InChI is InChI=1S/C18H20Cl2N2O/c1-3-13-4-6-14(7-5-13)11-22(2)12-18(23)21-17-10-15(19)8-9-16(17)20/h4-10H,3,11-12H2,1-2H3,(H,21,23). The number of carbonyl (C=O) groups excluding carboxylic acids is 1. The van der Waals surface area contributed by atoms with Crippen LogP contribution in [0.1, 0.15) is 18.1 Å². The third-order valence-corrected chi connectivity index (χ3v) is 4.06. The van der Waals surface area contributed by atoms with Gasteiger partial charge in [-0.2, -0.15) is 0 Å². The van der Waals surface area contributed by atoms with Crippen LogP contribution in [0.3, 0.4) is 0 Å². The number of halogens is 2. The maximum atomic E-state index is 12.1. The van der Waals surface area contributed by atoms with Crippen LogP contribution in [0.2, 0.25) is 10.0 Å². The summed E-state index contributed by atoms with van der Waals surface area (Å²) < 4.78 is 0. The second-order valence-corrected chi connectivity index (χ2v) is 6.36. The molecule has 0 fully saturated rings. The average molecular weight is 351 g/mol. The Hall–Kier alpha value is -1.55. The monoisotopic (exact) mass is 350 g/mol. The molecule has 0 atom stereocenters. The van der Waals surface area contributed by atoms with Crippen molar-refractivity contribution in [3.63, 3.8) is 0 Å². The van der Waals surface area contributed by atoms with E-state index in [-0.39, 0.29) is 12.5 Å². The molecule has 2 aromatic rings. The molecule has 0 unspecified atom stereocenters. The molecule has 1 N–H and O–H groups in total. The summed E-state index contributed by atoms with van der Waals surface area (Å²) in [6.45, 7) is 3.12. The summed E-state index contributed by atoms with van der Waals surface area (Å²) in [7, 11) is 1.91. The molecule has 0 spiro atoms. The van der Waals surface area contributed by atoms with Crippen molar-refractivity contribution in [2.45, 2.75) is 19.9 Å². The molecule has 2 aromatic carbocycles. The lowest BCUT2D eigenvalue weighted by Crippen LogP contribution is -2.29. The molecule has 0 aliphatic heterocycles. The van der Waals surface area contributed by atoms with E-state index in [9.17, 15) is 4.79 Å². The van der Waals surface area contributed by atoms with Gasteiger partial charge in [-0.25, -0.2) is 0 Å². The summed E-state index contributed by atoms with van der Waals surface area (Å²) in [6.07, 6.45) is 1.03. The summed E-state index contributed by atoms with van der Waals surface area (Å²) in [5.74, 6) is -0.123. The minimum absolute atomic E-state index is 0.123. The lowest BCUT2D eigenvalue weighted by molar-refractivity contribution is -0.117. The largest absolute Gasteiger partial charge is 0.324 e. The van der Waals surface area contributed by atoms with Gasteiger partial charge in [-0.3, -0.25) is 9.69 Å². The fourth-order valence-corrected chi connectivity index (χ4v) is 2.61. The SMILES string of the molecule is CCc1ccc(CN(C)CC(=O)Nc2cc(Cl)ccc2Cl)cc1. The fourth-order valence-electron chi connectivity index (χ4n) is 2.28. The molecule has 122 valence electrons. The summed E-state index contributed by atoms with van der Waals surface area (Å²) in [5.41, 5.74) is 3.02. The van der Waals surface area contributed by atoms with Gasteiger partial charge in [0.15, 0.2) is 0 Å².